The SMILES string of the molecule is CC1CCC(NC(=O)Cn2nc(-c3ccco3)cc(N)c2=O)CC1. The number of nitrogens with zero attached hydrogens (tertiary/aromatic N) is 2. The third kappa shape index (κ3) is 3.67. The second-order valence-electron chi connectivity index (χ2n) is 6.45. The fourth-order valence-corrected chi connectivity index (χ4v) is 3.03. The van der Waals surface area contributed by atoms with Crippen LogP contribution >= 0.6 is 0 Å². The Balaban J connectivity index is 1.72. The summed E-state index contributed by atoms with van der Waals surface area (Å²) < 4.78 is 6.36. The van der Waals surface area contributed by atoms with Crippen LogP contribution in [0.25, 0.3) is 11.5 Å². The van der Waals surface area contributed by atoms with Crippen molar-refractivity contribution in [1.82, 2.24) is 15.1 Å². The molecule has 0 radical (unpaired) electrons. The van der Waals surface area contributed by atoms with Crippen molar-refractivity contribution >= 4 is 11.6 Å². The van der Waals surface area contributed by atoms with Gasteiger partial charge in [-0.3, -0.25) is 9.59 Å². The monoisotopic (exact) mass is 330 g/mol. The van der Waals surface area contributed by atoms with Crippen LogP contribution in [-0.4, -0.2) is 21.7 Å². The Morgan fingerprint density at radius 2 is 2.17 bits per heavy atom. The van der Waals surface area contributed by atoms with Gasteiger partial charge in [-0.15, -0.1) is 0 Å². The van der Waals surface area contributed by atoms with Gasteiger partial charge in [0.25, 0.3) is 5.56 Å². The molecule has 7 heteroatoms. The maximum Gasteiger partial charge on any atom is 0.290 e. The molecule has 1 saturated carbocycles. The predicted octanol–water partition coefficient (Wildman–Crippen LogP) is 1.78. The van der Waals surface area contributed by atoms with Gasteiger partial charge in [0.15, 0.2) is 5.76 Å². The van der Waals surface area contributed by atoms with E-state index in [1.165, 1.54) is 12.3 Å². The van der Waals surface area contributed by atoms with Crippen LogP contribution in [0.3, 0.4) is 0 Å². The van der Waals surface area contributed by atoms with Crippen molar-refractivity contribution in [1.29, 1.82) is 0 Å². The molecule has 7 nitrogen and oxygen atoms in total. The predicted molar refractivity (Wildman–Crippen MR) is 90.2 cm³/mol. The Bertz CT molecular complexity index is 759. The number of hydrogen-bond donors (Lipinski definition) is 2. The van der Waals surface area contributed by atoms with Crippen molar-refractivity contribution in [3.63, 3.8) is 0 Å². The van der Waals surface area contributed by atoms with E-state index in [1.807, 2.05) is 0 Å². The van der Waals surface area contributed by atoms with Crippen molar-refractivity contribution < 1.29 is 9.21 Å². The minimum Gasteiger partial charge on any atom is -0.463 e. The number of nitrogen functional groups attached to an aromatic ring is 1. The zero-order valence-electron chi connectivity index (χ0n) is 13.7. The van der Waals surface area contributed by atoms with Crippen molar-refractivity contribution in [2.45, 2.75) is 45.2 Å². The van der Waals surface area contributed by atoms with Gasteiger partial charge in [0.2, 0.25) is 5.91 Å². The smallest absolute Gasteiger partial charge is 0.290 e. The van der Waals surface area contributed by atoms with Crippen LogP contribution < -0.4 is 16.6 Å². The number of nitrogens with one attached hydrogen (secondary N) is 1. The summed E-state index contributed by atoms with van der Waals surface area (Å²) in [6, 6.07) is 5.08. The first kappa shape index (κ1) is 16.3. The van der Waals surface area contributed by atoms with Gasteiger partial charge in [0, 0.05) is 6.04 Å². The van der Waals surface area contributed by atoms with Crippen LogP contribution in [0.2, 0.25) is 0 Å². The first-order valence-corrected chi connectivity index (χ1v) is 8.24. The van der Waals surface area contributed by atoms with Crippen LogP contribution in [0.4, 0.5) is 5.69 Å². The van der Waals surface area contributed by atoms with E-state index in [2.05, 4.69) is 17.3 Å². The summed E-state index contributed by atoms with van der Waals surface area (Å²) in [5.74, 6) is 0.990. The lowest BCUT2D eigenvalue weighted by Crippen LogP contribution is -2.41. The largest absolute Gasteiger partial charge is 0.463 e. The summed E-state index contributed by atoms with van der Waals surface area (Å²) >= 11 is 0. The fourth-order valence-electron chi connectivity index (χ4n) is 3.03. The lowest BCUT2D eigenvalue weighted by atomic mass is 9.87. The van der Waals surface area contributed by atoms with Gasteiger partial charge in [0.05, 0.1) is 6.26 Å². The van der Waals surface area contributed by atoms with E-state index in [1.54, 1.807) is 12.1 Å². The van der Waals surface area contributed by atoms with E-state index >= 15 is 0 Å². The topological polar surface area (TPSA) is 103 Å². The number of rotatable bonds is 4. The maximum atomic E-state index is 12.2. The van der Waals surface area contributed by atoms with Gasteiger partial charge < -0.3 is 15.5 Å². The molecule has 1 aliphatic rings. The molecular weight excluding hydrogens is 308 g/mol. The highest BCUT2D eigenvalue weighted by Gasteiger charge is 2.20. The molecule has 3 rings (SSSR count). The Labute approximate surface area is 139 Å². The normalized spacial score (nSPS) is 20.7. The van der Waals surface area contributed by atoms with Crippen LogP contribution in [-0.2, 0) is 11.3 Å². The molecule has 24 heavy (non-hydrogen) atoms. The van der Waals surface area contributed by atoms with Crippen molar-refractivity contribution in [2.75, 3.05) is 5.73 Å². The van der Waals surface area contributed by atoms with E-state index in [0.717, 1.165) is 30.4 Å². The summed E-state index contributed by atoms with van der Waals surface area (Å²) in [6.45, 7) is 2.08. The molecule has 128 valence electrons. The number of anilines is 1. The minimum absolute atomic E-state index is 0.0377. The summed E-state index contributed by atoms with van der Waals surface area (Å²) in [7, 11) is 0. The summed E-state index contributed by atoms with van der Waals surface area (Å²) in [4.78, 5) is 24.4. The number of hydrogen-bond acceptors (Lipinski definition) is 5. The Kier molecular flexibility index (Phi) is 4.69. The van der Waals surface area contributed by atoms with Gasteiger partial charge >= 0.3 is 0 Å². The molecule has 1 fully saturated rings. The van der Waals surface area contributed by atoms with E-state index in [9.17, 15) is 9.59 Å². The van der Waals surface area contributed by atoms with Gasteiger partial charge in [-0.05, 0) is 49.8 Å². The molecule has 0 aliphatic heterocycles. The number of aromatic nitrogens is 2. The second kappa shape index (κ2) is 6.90. The average molecular weight is 330 g/mol. The van der Waals surface area contributed by atoms with Gasteiger partial charge in [-0.25, -0.2) is 4.68 Å². The molecule has 0 saturated heterocycles. The summed E-state index contributed by atoms with van der Waals surface area (Å²) in [5.41, 5.74) is 5.75. The highest BCUT2D eigenvalue weighted by Crippen LogP contribution is 2.23. The van der Waals surface area contributed by atoms with Crippen molar-refractivity contribution in [3.05, 3.63) is 34.8 Å². The lowest BCUT2D eigenvalue weighted by Gasteiger charge is -2.26. The lowest BCUT2D eigenvalue weighted by molar-refractivity contribution is -0.122. The van der Waals surface area contributed by atoms with Crippen molar-refractivity contribution in [2.24, 2.45) is 5.92 Å². The molecule has 3 N–H and O–H groups in total. The molecular formula is C17H22N4O3. The Hall–Kier alpha value is -2.57. The number of amides is 1. The first-order valence-electron chi connectivity index (χ1n) is 8.24. The van der Waals surface area contributed by atoms with Crippen LogP contribution in [0, 0.1) is 5.92 Å². The second-order valence-corrected chi connectivity index (χ2v) is 6.45. The first-order chi connectivity index (χ1) is 11.5. The molecule has 0 bridgehead atoms. The van der Waals surface area contributed by atoms with E-state index in [-0.39, 0.29) is 24.2 Å². The van der Waals surface area contributed by atoms with Crippen molar-refractivity contribution in [3.8, 4) is 11.5 Å². The molecule has 0 spiro atoms. The number of carbonyl (C=O) groups is 1. The summed E-state index contributed by atoms with van der Waals surface area (Å²) in [5, 5.41) is 7.18. The average Bonchev–Trinajstić information content (AvgIpc) is 3.08. The highest BCUT2D eigenvalue weighted by atomic mass is 16.3. The Morgan fingerprint density at radius 3 is 2.83 bits per heavy atom. The van der Waals surface area contributed by atoms with Crippen LogP contribution in [0.1, 0.15) is 32.6 Å². The van der Waals surface area contributed by atoms with E-state index < -0.39 is 5.56 Å². The van der Waals surface area contributed by atoms with Crippen LogP contribution in [0.15, 0.2) is 33.7 Å². The minimum atomic E-state index is -0.474. The molecule has 0 unspecified atom stereocenters. The maximum absolute atomic E-state index is 12.2. The van der Waals surface area contributed by atoms with Gasteiger partial charge in [-0.2, -0.15) is 5.10 Å². The number of carbonyl (C=O) groups excluding carboxylic acids is 1. The molecule has 0 atom stereocenters. The van der Waals surface area contributed by atoms with E-state index in [4.69, 9.17) is 10.2 Å². The molecule has 2 aromatic heterocycles. The zero-order valence-corrected chi connectivity index (χ0v) is 13.7. The standard InChI is InChI=1S/C17H22N4O3/c1-11-4-6-12(7-5-11)19-16(22)10-21-17(23)13(18)9-14(20-21)15-3-2-8-24-15/h2-3,8-9,11-12H,4-7,10,18H2,1H3,(H,19,22). The van der Waals surface area contributed by atoms with Crippen LogP contribution in [0.5, 0.6) is 0 Å². The molecule has 2 aromatic rings. The Morgan fingerprint density at radius 1 is 1.42 bits per heavy atom. The van der Waals surface area contributed by atoms with Gasteiger partial charge in [0.1, 0.15) is 17.9 Å². The molecule has 0 aromatic carbocycles. The molecule has 1 aliphatic carbocycles. The highest BCUT2D eigenvalue weighted by molar-refractivity contribution is 5.76. The summed E-state index contributed by atoms with van der Waals surface area (Å²) in [6.07, 6.45) is 5.70. The molecule has 1 amide bonds. The third-order valence-corrected chi connectivity index (χ3v) is 4.45. The van der Waals surface area contributed by atoms with E-state index in [0.29, 0.717) is 17.4 Å². The zero-order chi connectivity index (χ0) is 17.1. The third-order valence-electron chi connectivity index (χ3n) is 4.45. The fraction of sp³-hybridized carbons (Fsp3) is 0.471. The quantitative estimate of drug-likeness (QED) is 0.889. The number of furan rings is 1. The van der Waals surface area contributed by atoms with Gasteiger partial charge in [-0.1, -0.05) is 6.92 Å². The molecule has 2 heterocycles. The number of nitrogens with two attached hydrogens (primary N) is 1.